The van der Waals surface area contributed by atoms with E-state index in [0.29, 0.717) is 5.37 Å². The van der Waals surface area contributed by atoms with Crippen molar-refractivity contribution in [3.63, 3.8) is 0 Å². The van der Waals surface area contributed by atoms with Crippen LogP contribution in [0.1, 0.15) is 30.3 Å². The summed E-state index contributed by atoms with van der Waals surface area (Å²) in [6.07, 6.45) is 0. The summed E-state index contributed by atoms with van der Waals surface area (Å²) in [5.41, 5.74) is 10.1. The van der Waals surface area contributed by atoms with Crippen LogP contribution >= 0.6 is 11.8 Å². The molecule has 3 heteroatoms. The number of benzene rings is 2. The quantitative estimate of drug-likeness (QED) is 0.790. The van der Waals surface area contributed by atoms with Crippen molar-refractivity contribution in [3.8, 4) is 0 Å². The highest BCUT2D eigenvalue weighted by atomic mass is 32.2. The summed E-state index contributed by atoms with van der Waals surface area (Å²) < 4.78 is 0. The summed E-state index contributed by atoms with van der Waals surface area (Å²) in [5, 5.41) is 6.00. The Morgan fingerprint density at radius 3 is 2.25 bits per heavy atom. The molecule has 0 amide bonds. The van der Waals surface area contributed by atoms with Crippen LogP contribution in [-0.2, 0) is 0 Å². The molecule has 3 rings (SSSR count). The molecular formula is C17H20N2S. The van der Waals surface area contributed by atoms with E-state index in [9.17, 15) is 0 Å². The number of hydrogen-bond acceptors (Lipinski definition) is 3. The Hall–Kier alpha value is -1.87. The van der Waals surface area contributed by atoms with Gasteiger partial charge in [-0.3, -0.25) is 0 Å². The van der Waals surface area contributed by atoms with Gasteiger partial charge in [0.1, 0.15) is 5.37 Å². The van der Waals surface area contributed by atoms with Crippen molar-refractivity contribution in [1.29, 1.82) is 0 Å². The molecule has 1 unspecified atom stereocenters. The Morgan fingerprint density at radius 2 is 1.60 bits per heavy atom. The summed E-state index contributed by atoms with van der Waals surface area (Å²) in [6, 6.07) is 18.4. The third-order valence-corrected chi connectivity index (χ3v) is 3.97. The maximum absolute atomic E-state index is 5.70. The first-order chi connectivity index (χ1) is 9.83. The normalized spacial score (nSPS) is 16.7. The highest BCUT2D eigenvalue weighted by Gasteiger charge is 2.18. The van der Waals surface area contributed by atoms with Crippen molar-refractivity contribution in [2.75, 3.05) is 5.73 Å². The van der Waals surface area contributed by atoms with Gasteiger partial charge in [0, 0.05) is 11.4 Å². The molecule has 0 fully saturated rings. The SMILES string of the molecule is CC.Nc1ccc(C2=CSC(c3ccccc3)N2)cc1. The maximum atomic E-state index is 5.70. The van der Waals surface area contributed by atoms with Crippen LogP contribution < -0.4 is 11.1 Å². The first-order valence-corrected chi connectivity index (χ1v) is 7.80. The van der Waals surface area contributed by atoms with E-state index in [-0.39, 0.29) is 0 Å². The molecule has 1 atom stereocenters. The Balaban J connectivity index is 0.000000704. The lowest BCUT2D eigenvalue weighted by Crippen LogP contribution is -2.11. The Bertz CT molecular complexity index is 561. The molecule has 0 bridgehead atoms. The van der Waals surface area contributed by atoms with Crippen molar-refractivity contribution >= 4 is 23.1 Å². The number of nitrogens with two attached hydrogens (primary N) is 1. The van der Waals surface area contributed by atoms with Crippen molar-refractivity contribution in [3.05, 3.63) is 71.1 Å². The van der Waals surface area contributed by atoms with Crippen LogP contribution in [0.4, 0.5) is 5.69 Å². The number of nitrogens with one attached hydrogen (secondary N) is 1. The van der Waals surface area contributed by atoms with Crippen LogP contribution in [0.2, 0.25) is 0 Å². The lowest BCUT2D eigenvalue weighted by Gasteiger charge is -2.13. The molecule has 2 aromatic rings. The largest absolute Gasteiger partial charge is 0.399 e. The van der Waals surface area contributed by atoms with Crippen LogP contribution in [0.25, 0.3) is 5.70 Å². The number of thioether (sulfide) groups is 1. The van der Waals surface area contributed by atoms with E-state index in [1.54, 1.807) is 11.8 Å². The van der Waals surface area contributed by atoms with Gasteiger partial charge in [-0.05, 0) is 28.7 Å². The van der Waals surface area contributed by atoms with Gasteiger partial charge in [-0.25, -0.2) is 0 Å². The summed E-state index contributed by atoms with van der Waals surface area (Å²) in [7, 11) is 0. The highest BCUT2D eigenvalue weighted by Crippen LogP contribution is 2.37. The van der Waals surface area contributed by atoms with E-state index in [0.717, 1.165) is 11.4 Å². The number of hydrogen-bond donors (Lipinski definition) is 2. The molecule has 0 radical (unpaired) electrons. The van der Waals surface area contributed by atoms with Crippen molar-refractivity contribution < 1.29 is 0 Å². The van der Waals surface area contributed by atoms with Gasteiger partial charge in [0.25, 0.3) is 0 Å². The third kappa shape index (κ3) is 3.36. The molecule has 20 heavy (non-hydrogen) atoms. The minimum Gasteiger partial charge on any atom is -0.399 e. The zero-order valence-corrected chi connectivity index (χ0v) is 12.7. The van der Waals surface area contributed by atoms with Crippen molar-refractivity contribution in [2.45, 2.75) is 19.2 Å². The lowest BCUT2D eigenvalue weighted by molar-refractivity contribution is 0.880. The van der Waals surface area contributed by atoms with Gasteiger partial charge in [-0.15, -0.1) is 11.8 Å². The molecule has 2 nitrogen and oxygen atoms in total. The van der Waals surface area contributed by atoms with Gasteiger partial charge in [0.2, 0.25) is 0 Å². The van der Waals surface area contributed by atoms with Crippen molar-refractivity contribution in [1.82, 2.24) is 5.32 Å². The second-order valence-electron chi connectivity index (χ2n) is 4.22. The predicted molar refractivity (Wildman–Crippen MR) is 90.1 cm³/mol. The van der Waals surface area contributed by atoms with Crippen LogP contribution in [0.15, 0.2) is 60.0 Å². The van der Waals surface area contributed by atoms with Crippen LogP contribution in [0, 0.1) is 0 Å². The standard InChI is InChI=1S/C15H14N2S.C2H6/c16-13-8-6-11(7-9-13)14-10-18-15(17-14)12-4-2-1-3-5-12;1-2/h1-10,15,17H,16H2;1-2H3. The zero-order valence-electron chi connectivity index (χ0n) is 11.8. The molecule has 0 aromatic heterocycles. The minimum absolute atomic E-state index is 0.304. The van der Waals surface area contributed by atoms with Gasteiger partial charge in [-0.2, -0.15) is 0 Å². The molecule has 1 aliphatic heterocycles. The van der Waals surface area contributed by atoms with E-state index in [2.05, 4.69) is 35.0 Å². The minimum atomic E-state index is 0.304. The Labute approximate surface area is 125 Å². The van der Waals surface area contributed by atoms with Gasteiger partial charge in [0.05, 0.1) is 0 Å². The predicted octanol–water partition coefficient (Wildman–Crippen LogP) is 4.63. The molecule has 2 aromatic carbocycles. The van der Waals surface area contributed by atoms with E-state index < -0.39 is 0 Å². The summed E-state index contributed by atoms with van der Waals surface area (Å²) in [4.78, 5) is 0. The van der Waals surface area contributed by atoms with E-state index in [4.69, 9.17) is 5.73 Å². The maximum Gasteiger partial charge on any atom is 0.102 e. The first-order valence-electron chi connectivity index (χ1n) is 6.86. The van der Waals surface area contributed by atoms with Crippen molar-refractivity contribution in [2.24, 2.45) is 0 Å². The van der Waals surface area contributed by atoms with Gasteiger partial charge in [-0.1, -0.05) is 56.3 Å². The van der Waals surface area contributed by atoms with E-state index >= 15 is 0 Å². The lowest BCUT2D eigenvalue weighted by atomic mass is 10.1. The van der Waals surface area contributed by atoms with Crippen LogP contribution in [-0.4, -0.2) is 0 Å². The summed E-state index contributed by atoms with van der Waals surface area (Å²) in [6.45, 7) is 4.00. The third-order valence-electron chi connectivity index (χ3n) is 2.93. The van der Waals surface area contributed by atoms with E-state index in [1.807, 2.05) is 44.2 Å². The topological polar surface area (TPSA) is 38.0 Å². The molecule has 0 aliphatic carbocycles. The van der Waals surface area contributed by atoms with Gasteiger partial charge in [0.15, 0.2) is 0 Å². The molecule has 3 N–H and O–H groups in total. The van der Waals surface area contributed by atoms with Crippen LogP contribution in [0.5, 0.6) is 0 Å². The second-order valence-corrected chi connectivity index (χ2v) is 5.20. The molecule has 0 spiro atoms. The number of anilines is 1. The smallest absolute Gasteiger partial charge is 0.102 e. The fourth-order valence-corrected chi connectivity index (χ4v) is 2.93. The monoisotopic (exact) mass is 284 g/mol. The zero-order chi connectivity index (χ0) is 14.4. The number of rotatable bonds is 2. The fourth-order valence-electron chi connectivity index (χ4n) is 1.95. The van der Waals surface area contributed by atoms with Gasteiger partial charge >= 0.3 is 0 Å². The second kappa shape index (κ2) is 7.06. The molecule has 0 saturated heterocycles. The Kier molecular flexibility index (Phi) is 5.13. The van der Waals surface area contributed by atoms with Crippen LogP contribution in [0.3, 0.4) is 0 Å². The molecule has 104 valence electrons. The average molecular weight is 284 g/mol. The molecule has 1 aliphatic rings. The number of nitrogen functional groups attached to an aromatic ring is 1. The Morgan fingerprint density at radius 1 is 0.950 bits per heavy atom. The fraction of sp³-hybridized carbons (Fsp3) is 0.176. The summed E-state index contributed by atoms with van der Waals surface area (Å²) >= 11 is 1.80. The van der Waals surface area contributed by atoms with Gasteiger partial charge < -0.3 is 11.1 Å². The molecule has 1 heterocycles. The molecular weight excluding hydrogens is 264 g/mol. The highest BCUT2D eigenvalue weighted by molar-refractivity contribution is 8.02. The average Bonchev–Trinajstić information content (AvgIpc) is 3.01. The summed E-state index contributed by atoms with van der Waals surface area (Å²) in [5.74, 6) is 0. The molecule has 0 saturated carbocycles. The first kappa shape index (κ1) is 14.5. The van der Waals surface area contributed by atoms with E-state index in [1.165, 1.54) is 11.1 Å².